The van der Waals surface area contributed by atoms with E-state index < -0.39 is 5.41 Å². The SMILES string of the molecule is CN(C)CCCOC(=O)C1(c2ccccc2)CCNCC1.Cl.Cl. The average Bonchev–Trinajstić information content (AvgIpc) is 2.52. The van der Waals surface area contributed by atoms with E-state index in [0.717, 1.165) is 44.5 Å². The van der Waals surface area contributed by atoms with E-state index in [4.69, 9.17) is 4.74 Å². The summed E-state index contributed by atoms with van der Waals surface area (Å²) in [6, 6.07) is 10.1. The molecular formula is C17H28Cl2N2O2. The van der Waals surface area contributed by atoms with Crippen molar-refractivity contribution in [2.45, 2.75) is 24.7 Å². The highest BCUT2D eigenvalue weighted by Gasteiger charge is 2.42. The van der Waals surface area contributed by atoms with Crippen LogP contribution in [-0.2, 0) is 14.9 Å². The Labute approximate surface area is 151 Å². The standard InChI is InChI=1S/C17H26N2O2.2ClH/c1-19(2)13-6-14-21-16(20)17(9-11-18-12-10-17)15-7-4-3-5-8-15;;/h3-5,7-8,18H,6,9-14H2,1-2H3;2*1H. The van der Waals surface area contributed by atoms with Gasteiger partial charge in [-0.05, 0) is 52.0 Å². The molecule has 6 heteroatoms. The van der Waals surface area contributed by atoms with Gasteiger partial charge in [0, 0.05) is 6.54 Å². The maximum absolute atomic E-state index is 12.7. The minimum absolute atomic E-state index is 0. The summed E-state index contributed by atoms with van der Waals surface area (Å²) >= 11 is 0. The van der Waals surface area contributed by atoms with Crippen molar-refractivity contribution < 1.29 is 9.53 Å². The molecule has 1 aromatic rings. The van der Waals surface area contributed by atoms with Gasteiger partial charge in [0.1, 0.15) is 0 Å². The fraction of sp³-hybridized carbons (Fsp3) is 0.588. The quantitative estimate of drug-likeness (QED) is 0.623. The highest BCUT2D eigenvalue weighted by molar-refractivity contribution is 5.85. The van der Waals surface area contributed by atoms with E-state index in [9.17, 15) is 4.79 Å². The molecule has 0 aromatic heterocycles. The summed E-state index contributed by atoms with van der Waals surface area (Å²) in [7, 11) is 4.06. The number of hydrogen-bond donors (Lipinski definition) is 1. The third-order valence-electron chi connectivity index (χ3n) is 4.16. The molecule has 0 aliphatic carbocycles. The minimum Gasteiger partial charge on any atom is -0.465 e. The summed E-state index contributed by atoms with van der Waals surface area (Å²) < 4.78 is 5.60. The van der Waals surface area contributed by atoms with Gasteiger partial charge in [-0.25, -0.2) is 0 Å². The Hall–Kier alpha value is -0.810. The third-order valence-corrected chi connectivity index (χ3v) is 4.16. The van der Waals surface area contributed by atoms with Gasteiger partial charge in [0.25, 0.3) is 0 Å². The molecule has 1 aliphatic heterocycles. The molecular weight excluding hydrogens is 335 g/mol. The van der Waals surface area contributed by atoms with E-state index >= 15 is 0 Å². The van der Waals surface area contributed by atoms with Crippen molar-refractivity contribution >= 4 is 30.8 Å². The Morgan fingerprint density at radius 2 is 1.78 bits per heavy atom. The van der Waals surface area contributed by atoms with Gasteiger partial charge in [-0.1, -0.05) is 30.3 Å². The summed E-state index contributed by atoms with van der Waals surface area (Å²) in [5, 5.41) is 3.33. The van der Waals surface area contributed by atoms with Crippen molar-refractivity contribution in [3.8, 4) is 0 Å². The highest BCUT2D eigenvalue weighted by Crippen LogP contribution is 2.34. The van der Waals surface area contributed by atoms with Crippen LogP contribution in [0.25, 0.3) is 0 Å². The van der Waals surface area contributed by atoms with E-state index in [1.54, 1.807) is 0 Å². The van der Waals surface area contributed by atoms with Crippen LogP contribution < -0.4 is 5.32 Å². The van der Waals surface area contributed by atoms with Crippen molar-refractivity contribution in [2.24, 2.45) is 0 Å². The van der Waals surface area contributed by atoms with E-state index in [0.29, 0.717) is 6.61 Å². The zero-order valence-electron chi connectivity index (χ0n) is 13.9. The number of carbonyl (C=O) groups is 1. The molecule has 1 aromatic carbocycles. The van der Waals surface area contributed by atoms with Crippen molar-refractivity contribution in [1.82, 2.24) is 10.2 Å². The number of piperidine rings is 1. The third kappa shape index (κ3) is 5.96. The van der Waals surface area contributed by atoms with Gasteiger partial charge in [0.15, 0.2) is 0 Å². The summed E-state index contributed by atoms with van der Waals surface area (Å²) in [5.41, 5.74) is 0.620. The van der Waals surface area contributed by atoms with Gasteiger partial charge >= 0.3 is 5.97 Å². The lowest BCUT2D eigenvalue weighted by Gasteiger charge is -2.35. The molecule has 0 unspecified atom stereocenters. The number of rotatable bonds is 6. The monoisotopic (exact) mass is 362 g/mol. The van der Waals surface area contributed by atoms with Gasteiger partial charge in [0.05, 0.1) is 12.0 Å². The Morgan fingerprint density at radius 1 is 1.17 bits per heavy atom. The lowest BCUT2D eigenvalue weighted by molar-refractivity contribution is -0.152. The van der Waals surface area contributed by atoms with Crippen molar-refractivity contribution in [3.05, 3.63) is 35.9 Å². The van der Waals surface area contributed by atoms with Crippen LogP contribution in [0, 0.1) is 0 Å². The van der Waals surface area contributed by atoms with Crippen LogP contribution in [0.15, 0.2) is 30.3 Å². The van der Waals surface area contributed by atoms with Gasteiger partial charge in [0.2, 0.25) is 0 Å². The van der Waals surface area contributed by atoms with Crippen LogP contribution in [0.2, 0.25) is 0 Å². The Balaban J connectivity index is 0.00000242. The molecule has 4 nitrogen and oxygen atoms in total. The summed E-state index contributed by atoms with van der Waals surface area (Å²) in [4.78, 5) is 14.8. The summed E-state index contributed by atoms with van der Waals surface area (Å²) in [5.74, 6) is -0.0612. The average molecular weight is 363 g/mol. The van der Waals surface area contributed by atoms with Crippen LogP contribution in [0.3, 0.4) is 0 Å². The Morgan fingerprint density at radius 3 is 2.35 bits per heavy atom. The smallest absolute Gasteiger partial charge is 0.316 e. The number of ether oxygens (including phenoxy) is 1. The number of benzene rings is 1. The second-order valence-corrected chi connectivity index (χ2v) is 5.99. The molecule has 23 heavy (non-hydrogen) atoms. The normalized spacial score (nSPS) is 16.1. The minimum atomic E-state index is -0.468. The van der Waals surface area contributed by atoms with E-state index in [2.05, 4.69) is 10.2 Å². The number of nitrogens with zero attached hydrogens (tertiary/aromatic N) is 1. The zero-order chi connectivity index (χ0) is 15.1. The fourth-order valence-corrected chi connectivity index (χ4v) is 2.91. The highest BCUT2D eigenvalue weighted by atomic mass is 35.5. The molecule has 1 heterocycles. The second-order valence-electron chi connectivity index (χ2n) is 5.99. The van der Waals surface area contributed by atoms with E-state index in [-0.39, 0.29) is 30.8 Å². The molecule has 1 fully saturated rings. The van der Waals surface area contributed by atoms with Gasteiger partial charge in [-0.15, -0.1) is 24.8 Å². The Bertz CT molecular complexity index is 449. The van der Waals surface area contributed by atoms with E-state index in [1.807, 2.05) is 44.4 Å². The molecule has 2 rings (SSSR count). The lowest BCUT2D eigenvalue weighted by atomic mass is 9.73. The summed E-state index contributed by atoms with van der Waals surface area (Å²) in [6.45, 7) is 3.16. The predicted octanol–water partition coefficient (Wildman–Crippen LogP) is 2.65. The van der Waals surface area contributed by atoms with Crippen LogP contribution in [0.4, 0.5) is 0 Å². The molecule has 1 saturated heterocycles. The molecule has 0 spiro atoms. The summed E-state index contributed by atoms with van der Waals surface area (Å²) in [6.07, 6.45) is 2.49. The molecule has 1 N–H and O–H groups in total. The number of hydrogen-bond acceptors (Lipinski definition) is 4. The van der Waals surface area contributed by atoms with Gasteiger partial charge < -0.3 is 15.0 Å². The first-order chi connectivity index (χ1) is 10.1. The number of esters is 1. The Kier molecular flexibility index (Phi) is 10.5. The van der Waals surface area contributed by atoms with Gasteiger partial charge in [-0.2, -0.15) is 0 Å². The van der Waals surface area contributed by atoms with Crippen LogP contribution >= 0.6 is 24.8 Å². The number of nitrogens with one attached hydrogen (secondary N) is 1. The first-order valence-electron chi connectivity index (χ1n) is 7.73. The molecule has 0 bridgehead atoms. The zero-order valence-corrected chi connectivity index (χ0v) is 15.5. The molecule has 0 atom stereocenters. The number of carbonyl (C=O) groups excluding carboxylic acids is 1. The largest absolute Gasteiger partial charge is 0.465 e. The van der Waals surface area contributed by atoms with Gasteiger partial charge in [-0.3, -0.25) is 4.79 Å². The first-order valence-corrected chi connectivity index (χ1v) is 7.73. The number of halogens is 2. The van der Waals surface area contributed by atoms with Crippen molar-refractivity contribution in [2.75, 3.05) is 40.3 Å². The molecule has 132 valence electrons. The maximum atomic E-state index is 12.7. The molecule has 1 aliphatic rings. The second kappa shape index (κ2) is 10.9. The van der Waals surface area contributed by atoms with E-state index in [1.165, 1.54) is 0 Å². The predicted molar refractivity (Wildman–Crippen MR) is 98.8 cm³/mol. The fourth-order valence-electron chi connectivity index (χ4n) is 2.91. The van der Waals surface area contributed by atoms with Crippen molar-refractivity contribution in [1.29, 1.82) is 0 Å². The van der Waals surface area contributed by atoms with Crippen LogP contribution in [-0.4, -0.2) is 51.2 Å². The lowest BCUT2D eigenvalue weighted by Crippen LogP contribution is -2.46. The van der Waals surface area contributed by atoms with Crippen LogP contribution in [0.1, 0.15) is 24.8 Å². The topological polar surface area (TPSA) is 41.6 Å². The molecule has 0 saturated carbocycles. The molecule has 0 radical (unpaired) electrons. The van der Waals surface area contributed by atoms with Crippen LogP contribution in [0.5, 0.6) is 0 Å². The maximum Gasteiger partial charge on any atom is 0.316 e. The first kappa shape index (κ1) is 22.2. The molecule has 0 amide bonds. The van der Waals surface area contributed by atoms with Crippen molar-refractivity contribution in [3.63, 3.8) is 0 Å².